The number of guanidine groups is 1. The molecule has 0 atom stereocenters. The molecule has 8 heteroatoms. The van der Waals surface area contributed by atoms with Crippen LogP contribution in [0.4, 0.5) is 0 Å². The van der Waals surface area contributed by atoms with E-state index in [-0.39, 0.29) is 35.3 Å². The standard InChI is InChI=1S/C18H35N5O2.HI/c1-4-19-17(20-9-10-23-11-13-25-14-12-23)21-15-18(7-5-6-8-18)16(24)22(2)3;/h4-15H2,1-3H3,(H2,19,20,21);1H. The number of carbonyl (C=O) groups excluding carboxylic acids is 1. The number of ether oxygens (including phenoxy) is 1. The van der Waals surface area contributed by atoms with Crippen molar-refractivity contribution in [1.29, 1.82) is 0 Å². The van der Waals surface area contributed by atoms with Gasteiger partial charge in [-0.15, -0.1) is 24.0 Å². The highest BCUT2D eigenvalue weighted by molar-refractivity contribution is 14.0. The van der Waals surface area contributed by atoms with Crippen molar-refractivity contribution in [3.05, 3.63) is 0 Å². The second-order valence-corrected chi connectivity index (χ2v) is 7.26. The summed E-state index contributed by atoms with van der Waals surface area (Å²) in [6.07, 6.45) is 4.13. The molecule has 7 nitrogen and oxygen atoms in total. The van der Waals surface area contributed by atoms with Gasteiger partial charge >= 0.3 is 0 Å². The van der Waals surface area contributed by atoms with E-state index in [0.29, 0.717) is 6.54 Å². The van der Waals surface area contributed by atoms with Gasteiger partial charge in [-0.25, -0.2) is 0 Å². The fourth-order valence-electron chi connectivity index (χ4n) is 3.70. The topological polar surface area (TPSA) is 69.2 Å². The molecule has 1 saturated heterocycles. The zero-order valence-corrected chi connectivity index (χ0v) is 18.9. The van der Waals surface area contributed by atoms with Crippen molar-refractivity contribution in [2.24, 2.45) is 10.4 Å². The van der Waals surface area contributed by atoms with E-state index < -0.39 is 0 Å². The van der Waals surface area contributed by atoms with Crippen molar-refractivity contribution in [3.8, 4) is 0 Å². The average molecular weight is 481 g/mol. The minimum atomic E-state index is -0.309. The first-order valence-electron chi connectivity index (χ1n) is 9.61. The van der Waals surface area contributed by atoms with Crippen molar-refractivity contribution in [2.75, 3.05) is 66.6 Å². The molecule has 2 N–H and O–H groups in total. The quantitative estimate of drug-likeness (QED) is 0.325. The number of nitrogens with one attached hydrogen (secondary N) is 2. The molecule has 1 aliphatic heterocycles. The highest BCUT2D eigenvalue weighted by Gasteiger charge is 2.42. The van der Waals surface area contributed by atoms with Crippen molar-refractivity contribution < 1.29 is 9.53 Å². The van der Waals surface area contributed by atoms with E-state index in [9.17, 15) is 4.79 Å². The van der Waals surface area contributed by atoms with Gasteiger partial charge in [0.2, 0.25) is 5.91 Å². The summed E-state index contributed by atoms with van der Waals surface area (Å²) in [6, 6.07) is 0. The second-order valence-electron chi connectivity index (χ2n) is 7.26. The van der Waals surface area contributed by atoms with Crippen molar-refractivity contribution in [3.63, 3.8) is 0 Å². The van der Waals surface area contributed by atoms with E-state index in [1.165, 1.54) is 0 Å². The van der Waals surface area contributed by atoms with E-state index in [0.717, 1.165) is 77.6 Å². The van der Waals surface area contributed by atoms with Gasteiger partial charge in [-0.2, -0.15) is 0 Å². The van der Waals surface area contributed by atoms with E-state index in [2.05, 4.69) is 22.5 Å². The van der Waals surface area contributed by atoms with Crippen LogP contribution in [-0.2, 0) is 9.53 Å². The van der Waals surface area contributed by atoms with Gasteiger partial charge in [-0.1, -0.05) is 12.8 Å². The minimum Gasteiger partial charge on any atom is -0.379 e. The number of hydrogen-bond donors (Lipinski definition) is 2. The van der Waals surface area contributed by atoms with Crippen molar-refractivity contribution in [2.45, 2.75) is 32.6 Å². The van der Waals surface area contributed by atoms with Crippen LogP contribution in [0.5, 0.6) is 0 Å². The maximum Gasteiger partial charge on any atom is 0.230 e. The summed E-state index contributed by atoms with van der Waals surface area (Å²) in [7, 11) is 3.69. The third-order valence-electron chi connectivity index (χ3n) is 5.13. The summed E-state index contributed by atoms with van der Waals surface area (Å²) in [5.41, 5.74) is -0.309. The first kappa shape index (κ1) is 23.4. The van der Waals surface area contributed by atoms with E-state index in [4.69, 9.17) is 9.73 Å². The fraction of sp³-hybridized carbons (Fsp3) is 0.889. The van der Waals surface area contributed by atoms with Gasteiger partial charge in [0, 0.05) is 46.8 Å². The molecule has 2 fully saturated rings. The van der Waals surface area contributed by atoms with E-state index in [1.54, 1.807) is 4.90 Å². The van der Waals surface area contributed by atoms with Gasteiger partial charge in [-0.3, -0.25) is 14.7 Å². The van der Waals surface area contributed by atoms with Crippen molar-refractivity contribution in [1.82, 2.24) is 20.4 Å². The smallest absolute Gasteiger partial charge is 0.230 e. The molecule has 0 aromatic carbocycles. The summed E-state index contributed by atoms with van der Waals surface area (Å²) in [5, 5.41) is 6.71. The van der Waals surface area contributed by atoms with Crippen LogP contribution in [-0.4, -0.2) is 88.2 Å². The highest BCUT2D eigenvalue weighted by Crippen LogP contribution is 2.39. The molecule has 2 aliphatic rings. The number of rotatable bonds is 7. The van der Waals surface area contributed by atoms with Crippen LogP contribution in [0.1, 0.15) is 32.6 Å². The Labute approximate surface area is 175 Å². The Balaban J connectivity index is 0.00000338. The van der Waals surface area contributed by atoms with Gasteiger partial charge in [0.15, 0.2) is 5.96 Å². The lowest BCUT2D eigenvalue weighted by Crippen LogP contribution is -2.45. The summed E-state index contributed by atoms with van der Waals surface area (Å²) < 4.78 is 5.38. The third-order valence-corrected chi connectivity index (χ3v) is 5.13. The van der Waals surface area contributed by atoms with Crippen LogP contribution in [0.25, 0.3) is 0 Å². The molecule has 0 radical (unpaired) electrons. The molecule has 152 valence electrons. The van der Waals surface area contributed by atoms with Crippen LogP contribution in [0.2, 0.25) is 0 Å². The Hall–Kier alpha value is -0.610. The molecular weight excluding hydrogens is 445 g/mol. The van der Waals surface area contributed by atoms with Crippen LogP contribution >= 0.6 is 24.0 Å². The fourth-order valence-corrected chi connectivity index (χ4v) is 3.70. The molecule has 1 aliphatic carbocycles. The summed E-state index contributed by atoms with van der Waals surface area (Å²) in [5.74, 6) is 1.03. The number of nitrogens with zero attached hydrogens (tertiary/aromatic N) is 3. The summed E-state index contributed by atoms with van der Waals surface area (Å²) in [6.45, 7) is 8.92. The summed E-state index contributed by atoms with van der Waals surface area (Å²) in [4.78, 5) is 21.5. The molecule has 2 rings (SSSR count). The third kappa shape index (κ3) is 6.84. The monoisotopic (exact) mass is 481 g/mol. The molecular formula is C18H36IN5O2. The number of carbonyl (C=O) groups is 1. The Bertz CT molecular complexity index is 447. The van der Waals surface area contributed by atoms with Gasteiger partial charge in [0.25, 0.3) is 0 Å². The molecule has 0 bridgehead atoms. The summed E-state index contributed by atoms with van der Waals surface area (Å²) >= 11 is 0. The second kappa shape index (κ2) is 12.0. The predicted octanol–water partition coefficient (Wildman–Crippen LogP) is 1.14. The predicted molar refractivity (Wildman–Crippen MR) is 116 cm³/mol. The number of amides is 1. The molecule has 1 amide bonds. The molecule has 1 heterocycles. The Morgan fingerprint density at radius 2 is 1.85 bits per heavy atom. The molecule has 0 aromatic heterocycles. The van der Waals surface area contributed by atoms with Gasteiger partial charge < -0.3 is 20.3 Å². The van der Waals surface area contributed by atoms with Crippen LogP contribution in [0, 0.1) is 5.41 Å². The maximum absolute atomic E-state index is 12.7. The molecule has 0 spiro atoms. The number of hydrogen-bond acceptors (Lipinski definition) is 4. The van der Waals surface area contributed by atoms with Crippen LogP contribution in [0.3, 0.4) is 0 Å². The van der Waals surface area contributed by atoms with E-state index in [1.807, 2.05) is 14.1 Å². The number of aliphatic imine (C=N–C) groups is 1. The Morgan fingerprint density at radius 3 is 2.42 bits per heavy atom. The lowest BCUT2D eigenvalue weighted by molar-refractivity contribution is -0.138. The lowest BCUT2D eigenvalue weighted by atomic mass is 9.85. The van der Waals surface area contributed by atoms with Gasteiger partial charge in [0.05, 0.1) is 25.2 Å². The SMILES string of the molecule is CCNC(=NCC1(C(=O)N(C)C)CCCC1)NCCN1CCOCC1.I. The Morgan fingerprint density at radius 1 is 1.19 bits per heavy atom. The normalized spacial score (nSPS) is 20.3. The minimum absolute atomic E-state index is 0. The van der Waals surface area contributed by atoms with Crippen LogP contribution in [0.15, 0.2) is 4.99 Å². The van der Waals surface area contributed by atoms with E-state index >= 15 is 0 Å². The highest BCUT2D eigenvalue weighted by atomic mass is 127. The van der Waals surface area contributed by atoms with Crippen LogP contribution < -0.4 is 10.6 Å². The first-order valence-corrected chi connectivity index (χ1v) is 9.61. The lowest BCUT2D eigenvalue weighted by Gasteiger charge is -2.29. The zero-order valence-electron chi connectivity index (χ0n) is 16.6. The number of morpholine rings is 1. The first-order chi connectivity index (χ1) is 12.1. The average Bonchev–Trinajstić information content (AvgIpc) is 3.10. The molecule has 1 saturated carbocycles. The zero-order chi connectivity index (χ0) is 18.1. The Kier molecular flexibility index (Phi) is 10.8. The maximum atomic E-state index is 12.7. The van der Waals surface area contributed by atoms with Crippen molar-refractivity contribution >= 4 is 35.8 Å². The van der Waals surface area contributed by atoms with Gasteiger partial charge in [-0.05, 0) is 19.8 Å². The molecule has 0 unspecified atom stereocenters. The number of halogens is 1. The molecule has 0 aromatic rings. The van der Waals surface area contributed by atoms with Gasteiger partial charge in [0.1, 0.15) is 0 Å². The molecule has 26 heavy (non-hydrogen) atoms. The largest absolute Gasteiger partial charge is 0.379 e.